The maximum Gasteiger partial charge on any atom is 0.342 e. The van der Waals surface area contributed by atoms with Crippen LogP contribution in [0.2, 0.25) is 0 Å². The molecular formula is C19H16BrF3N3O2S+. The van der Waals surface area contributed by atoms with E-state index >= 15 is 0 Å². The predicted octanol–water partition coefficient (Wildman–Crippen LogP) is 3.29. The number of carbonyl (C=O) groups is 1. The zero-order chi connectivity index (χ0) is 20.5. The van der Waals surface area contributed by atoms with Crippen molar-refractivity contribution in [2.24, 2.45) is 4.99 Å². The molecule has 0 bridgehead atoms. The number of allylic oxidation sites excluding steroid dienone is 1. The Morgan fingerprint density at radius 3 is 2.93 bits per heavy atom. The van der Waals surface area contributed by atoms with Gasteiger partial charge in [-0.1, -0.05) is 22.0 Å². The molecule has 0 radical (unpaired) electrons. The summed E-state index contributed by atoms with van der Waals surface area (Å²) in [5, 5.41) is 2.56. The molecule has 0 aliphatic carbocycles. The third-order valence-corrected chi connectivity index (χ3v) is 6.28. The van der Waals surface area contributed by atoms with Crippen LogP contribution in [0.4, 0.5) is 13.2 Å². The highest BCUT2D eigenvalue weighted by atomic mass is 79.9. The molecule has 2 aliphatic heterocycles. The highest BCUT2D eigenvalue weighted by Gasteiger charge is 2.44. The van der Waals surface area contributed by atoms with Gasteiger partial charge in [0.05, 0.1) is 6.54 Å². The second kappa shape index (κ2) is 8.37. The highest BCUT2D eigenvalue weighted by molar-refractivity contribution is 9.10. The van der Waals surface area contributed by atoms with Gasteiger partial charge in [0.25, 0.3) is 12.3 Å². The summed E-state index contributed by atoms with van der Waals surface area (Å²) in [6.45, 7) is -0.262. The zero-order valence-electron chi connectivity index (χ0n) is 15.0. The number of halogens is 4. The van der Waals surface area contributed by atoms with E-state index in [0.29, 0.717) is 22.3 Å². The molecule has 29 heavy (non-hydrogen) atoms. The quantitative estimate of drug-likeness (QED) is 0.659. The van der Waals surface area contributed by atoms with Crippen LogP contribution in [-0.4, -0.2) is 36.4 Å². The third kappa shape index (κ3) is 4.01. The van der Waals surface area contributed by atoms with E-state index in [9.17, 15) is 18.0 Å². The first-order valence-corrected chi connectivity index (χ1v) is 10.6. The van der Waals surface area contributed by atoms with Gasteiger partial charge in [-0.2, -0.15) is 0 Å². The van der Waals surface area contributed by atoms with E-state index in [1.807, 2.05) is 5.38 Å². The van der Waals surface area contributed by atoms with Gasteiger partial charge in [-0.25, -0.2) is 27.9 Å². The lowest BCUT2D eigenvalue weighted by molar-refractivity contribution is -0.751. The van der Waals surface area contributed by atoms with Crippen molar-refractivity contribution in [1.29, 1.82) is 0 Å². The molecule has 0 amide bonds. The normalized spacial score (nSPS) is 21.3. The van der Waals surface area contributed by atoms with Crippen LogP contribution in [0.3, 0.4) is 0 Å². The number of rotatable bonds is 5. The van der Waals surface area contributed by atoms with Crippen LogP contribution >= 0.6 is 27.3 Å². The number of amidine groups is 1. The lowest BCUT2D eigenvalue weighted by Gasteiger charge is -2.27. The van der Waals surface area contributed by atoms with Crippen LogP contribution in [0.15, 0.2) is 50.5 Å². The van der Waals surface area contributed by atoms with Gasteiger partial charge in [0.1, 0.15) is 23.1 Å². The number of hydrogen-bond donors (Lipinski definition) is 1. The molecule has 152 valence electrons. The first kappa shape index (κ1) is 20.2. The van der Waals surface area contributed by atoms with Crippen LogP contribution < -0.4 is 4.90 Å². The molecule has 2 aliphatic rings. The molecule has 10 heteroatoms. The Bertz CT molecular complexity index is 995. The van der Waals surface area contributed by atoms with Gasteiger partial charge in [0.2, 0.25) is 0 Å². The lowest BCUT2D eigenvalue weighted by atomic mass is 9.94. The topological polar surface area (TPSA) is 56.0 Å². The van der Waals surface area contributed by atoms with Crippen LogP contribution in [0, 0.1) is 5.82 Å². The van der Waals surface area contributed by atoms with E-state index in [4.69, 9.17) is 9.73 Å². The van der Waals surface area contributed by atoms with Crippen LogP contribution in [0.25, 0.3) is 0 Å². The molecule has 2 aromatic rings. The van der Waals surface area contributed by atoms with Crippen molar-refractivity contribution in [1.82, 2.24) is 4.98 Å². The molecule has 2 atom stereocenters. The van der Waals surface area contributed by atoms with E-state index < -0.39 is 30.9 Å². The number of aliphatic imine (C=N–C) groups is 1. The Hall–Kier alpha value is -2.04. The van der Waals surface area contributed by atoms with Crippen molar-refractivity contribution >= 4 is 39.1 Å². The molecule has 3 heterocycles. The molecule has 4 rings (SSSR count). The number of thiazole rings is 1. The van der Waals surface area contributed by atoms with Crippen molar-refractivity contribution in [2.75, 3.05) is 13.2 Å². The number of nitrogens with one attached hydrogen (secondary N) is 1. The molecule has 1 fully saturated rings. The summed E-state index contributed by atoms with van der Waals surface area (Å²) in [4.78, 5) is 22.8. The molecule has 1 N–H and O–H groups in total. The van der Waals surface area contributed by atoms with Gasteiger partial charge < -0.3 is 4.74 Å². The summed E-state index contributed by atoms with van der Waals surface area (Å²) >= 11 is 4.77. The summed E-state index contributed by atoms with van der Waals surface area (Å²) in [6.07, 6.45) is 0.355. The number of fused-ring (bicyclic) bond motifs is 1. The Balaban J connectivity index is 1.84. The van der Waals surface area contributed by atoms with Gasteiger partial charge in [-0.15, -0.1) is 11.3 Å². The fourth-order valence-corrected chi connectivity index (χ4v) is 4.89. The van der Waals surface area contributed by atoms with Crippen LogP contribution in [0.5, 0.6) is 0 Å². The van der Waals surface area contributed by atoms with Crippen LogP contribution in [-0.2, 0) is 9.53 Å². The van der Waals surface area contributed by atoms with E-state index in [1.165, 1.54) is 29.5 Å². The average molecular weight is 487 g/mol. The Labute approximate surface area is 177 Å². The summed E-state index contributed by atoms with van der Waals surface area (Å²) in [5.74, 6) is -0.565. The molecule has 5 nitrogen and oxygen atoms in total. The fourth-order valence-electron chi connectivity index (χ4n) is 3.66. The minimum atomic E-state index is -2.76. The number of benzene rings is 1. The zero-order valence-corrected chi connectivity index (χ0v) is 17.4. The SMILES string of the molecule is O=C(OCC(F)F)C1=C2CCC[NH+]2C(c2nccs2)=NC1c1ccc(F)cc1Br. The van der Waals surface area contributed by atoms with E-state index in [2.05, 4.69) is 20.9 Å². The third-order valence-electron chi connectivity index (χ3n) is 4.81. The molecule has 1 aromatic carbocycles. The van der Waals surface area contributed by atoms with Crippen molar-refractivity contribution in [3.8, 4) is 0 Å². The van der Waals surface area contributed by atoms with Crippen molar-refractivity contribution in [3.63, 3.8) is 0 Å². The first-order valence-electron chi connectivity index (χ1n) is 8.93. The molecule has 1 aromatic heterocycles. The second-order valence-corrected chi connectivity index (χ2v) is 8.35. The van der Waals surface area contributed by atoms with Crippen LogP contribution in [0.1, 0.15) is 29.5 Å². The number of aromatic nitrogens is 1. The Kier molecular flexibility index (Phi) is 5.84. The maximum atomic E-state index is 13.6. The summed E-state index contributed by atoms with van der Waals surface area (Å²) in [5.41, 5.74) is 1.57. The second-order valence-electron chi connectivity index (χ2n) is 6.60. The number of nitrogens with zero attached hydrogens (tertiary/aromatic N) is 2. The largest absolute Gasteiger partial charge is 0.456 e. The van der Waals surface area contributed by atoms with E-state index in [1.54, 1.807) is 6.20 Å². The van der Waals surface area contributed by atoms with Gasteiger partial charge in [0, 0.05) is 28.9 Å². The van der Waals surface area contributed by atoms with Gasteiger partial charge in [0.15, 0.2) is 11.6 Å². The summed E-state index contributed by atoms with van der Waals surface area (Å²) in [7, 11) is 0. The van der Waals surface area contributed by atoms with Gasteiger partial charge in [-0.3, -0.25) is 4.90 Å². The monoisotopic (exact) mass is 486 g/mol. The number of hydrogen-bond acceptors (Lipinski definition) is 5. The van der Waals surface area contributed by atoms with Gasteiger partial charge >= 0.3 is 5.97 Å². The number of quaternary nitrogens is 1. The lowest BCUT2D eigenvalue weighted by Crippen LogP contribution is -3.12. The maximum absolute atomic E-state index is 13.6. The molecule has 0 saturated carbocycles. The molecular weight excluding hydrogens is 471 g/mol. The smallest absolute Gasteiger partial charge is 0.342 e. The standard InChI is InChI=1S/C19H15BrF3N3O2S/c20-12-8-10(21)3-4-11(12)16-15(19(27)28-9-14(22)23)13-2-1-6-26(13)17(25-16)18-24-5-7-29-18/h3-5,7-8,14,16H,1-2,6,9H2/p+1. The van der Waals surface area contributed by atoms with Gasteiger partial charge in [-0.05, 0) is 17.7 Å². The van der Waals surface area contributed by atoms with Crippen molar-refractivity contribution in [3.05, 3.63) is 61.9 Å². The minimum absolute atomic E-state index is 0.241. The fraction of sp³-hybridized carbons (Fsp3) is 0.316. The summed E-state index contributed by atoms with van der Waals surface area (Å²) < 4.78 is 44.2. The number of ether oxygens (including phenoxy) is 1. The molecule has 0 spiro atoms. The van der Waals surface area contributed by atoms with Crippen molar-refractivity contribution in [2.45, 2.75) is 25.3 Å². The summed E-state index contributed by atoms with van der Waals surface area (Å²) in [6, 6.07) is 3.30. The highest BCUT2D eigenvalue weighted by Crippen LogP contribution is 2.37. The predicted molar refractivity (Wildman–Crippen MR) is 105 cm³/mol. The van der Waals surface area contributed by atoms with E-state index in [0.717, 1.165) is 28.6 Å². The molecule has 2 unspecified atom stereocenters. The number of carbonyl (C=O) groups excluding carboxylic acids is 1. The number of esters is 1. The Morgan fingerprint density at radius 1 is 1.41 bits per heavy atom. The first-order chi connectivity index (χ1) is 14.0. The van der Waals surface area contributed by atoms with E-state index in [-0.39, 0.29) is 5.57 Å². The number of alkyl halides is 2. The Morgan fingerprint density at radius 2 is 2.24 bits per heavy atom. The average Bonchev–Trinajstić information content (AvgIpc) is 3.37. The minimum Gasteiger partial charge on any atom is -0.456 e. The molecule has 1 saturated heterocycles. The van der Waals surface area contributed by atoms with Crippen molar-refractivity contribution < 1.29 is 27.6 Å².